The van der Waals surface area contributed by atoms with Gasteiger partial charge in [-0.15, -0.1) is 0 Å². The SMILES string of the molecule is COc1cc(C(=O)N2C[C@H]3CCCN3C(=O)[C@@H]2C)nc2ccccc12. The number of piperazine rings is 1. The van der Waals surface area contributed by atoms with Crippen LogP contribution in [-0.4, -0.2) is 58.9 Å². The molecule has 0 saturated carbocycles. The Labute approximate surface area is 146 Å². The van der Waals surface area contributed by atoms with Crippen molar-refractivity contribution in [3.05, 3.63) is 36.0 Å². The fourth-order valence-electron chi connectivity index (χ4n) is 3.90. The van der Waals surface area contributed by atoms with E-state index in [1.54, 1.807) is 25.0 Å². The van der Waals surface area contributed by atoms with Crippen LogP contribution in [0.25, 0.3) is 10.9 Å². The molecule has 2 saturated heterocycles. The van der Waals surface area contributed by atoms with E-state index in [-0.39, 0.29) is 17.9 Å². The molecule has 130 valence electrons. The van der Waals surface area contributed by atoms with Crippen molar-refractivity contribution in [1.82, 2.24) is 14.8 Å². The zero-order valence-electron chi connectivity index (χ0n) is 14.4. The number of nitrogens with zero attached hydrogens (tertiary/aromatic N) is 3. The summed E-state index contributed by atoms with van der Waals surface area (Å²) < 4.78 is 5.44. The van der Waals surface area contributed by atoms with Crippen LogP contribution in [0.2, 0.25) is 0 Å². The lowest BCUT2D eigenvalue weighted by atomic mass is 10.1. The van der Waals surface area contributed by atoms with Crippen molar-refractivity contribution < 1.29 is 14.3 Å². The lowest BCUT2D eigenvalue weighted by Crippen LogP contribution is -2.60. The average molecular weight is 339 g/mol. The Kier molecular flexibility index (Phi) is 3.82. The molecule has 1 aromatic heterocycles. The summed E-state index contributed by atoms with van der Waals surface area (Å²) in [5.74, 6) is 0.443. The number of hydrogen-bond acceptors (Lipinski definition) is 4. The van der Waals surface area contributed by atoms with E-state index in [0.717, 1.165) is 24.8 Å². The van der Waals surface area contributed by atoms with Gasteiger partial charge in [-0.2, -0.15) is 0 Å². The summed E-state index contributed by atoms with van der Waals surface area (Å²) in [5.41, 5.74) is 1.03. The lowest BCUT2D eigenvalue weighted by molar-refractivity contribution is -0.141. The molecule has 0 bridgehead atoms. The van der Waals surface area contributed by atoms with Crippen LogP contribution in [-0.2, 0) is 4.79 Å². The van der Waals surface area contributed by atoms with E-state index in [2.05, 4.69) is 4.98 Å². The number of carbonyl (C=O) groups excluding carboxylic acids is 2. The van der Waals surface area contributed by atoms with Gasteiger partial charge in [0.1, 0.15) is 17.5 Å². The standard InChI is InChI=1S/C19H21N3O3/c1-12-18(23)21-9-5-6-13(21)11-22(12)19(24)16-10-17(25-2)14-7-3-4-8-15(14)20-16/h3-4,7-8,10,12-13H,5-6,9,11H2,1-2H3/t12-,13+/m0/s1. The van der Waals surface area contributed by atoms with Crippen LogP contribution >= 0.6 is 0 Å². The summed E-state index contributed by atoms with van der Waals surface area (Å²) in [6.45, 7) is 3.17. The first-order valence-corrected chi connectivity index (χ1v) is 8.65. The van der Waals surface area contributed by atoms with Crippen molar-refractivity contribution in [2.75, 3.05) is 20.2 Å². The third kappa shape index (κ3) is 2.52. The van der Waals surface area contributed by atoms with Crippen LogP contribution in [0.5, 0.6) is 5.75 Å². The van der Waals surface area contributed by atoms with Gasteiger partial charge in [-0.1, -0.05) is 12.1 Å². The molecule has 1 aromatic carbocycles. The minimum atomic E-state index is -0.457. The number of carbonyl (C=O) groups is 2. The van der Waals surface area contributed by atoms with E-state index in [1.807, 2.05) is 29.2 Å². The van der Waals surface area contributed by atoms with Crippen LogP contribution in [0, 0.1) is 0 Å². The van der Waals surface area contributed by atoms with Gasteiger partial charge in [-0.25, -0.2) is 4.98 Å². The fraction of sp³-hybridized carbons (Fsp3) is 0.421. The van der Waals surface area contributed by atoms with Gasteiger partial charge in [0.15, 0.2) is 0 Å². The molecule has 2 aliphatic rings. The predicted molar refractivity (Wildman–Crippen MR) is 93.5 cm³/mol. The Bertz CT molecular complexity index is 851. The Morgan fingerprint density at radius 1 is 1.32 bits per heavy atom. The molecule has 0 spiro atoms. The quantitative estimate of drug-likeness (QED) is 0.840. The Morgan fingerprint density at radius 2 is 2.12 bits per heavy atom. The van der Waals surface area contributed by atoms with Gasteiger partial charge in [0, 0.05) is 30.6 Å². The molecular weight excluding hydrogens is 318 g/mol. The second-order valence-electron chi connectivity index (χ2n) is 6.69. The number of ether oxygens (including phenoxy) is 1. The van der Waals surface area contributed by atoms with E-state index in [4.69, 9.17) is 4.74 Å². The second-order valence-corrected chi connectivity index (χ2v) is 6.69. The third-order valence-corrected chi connectivity index (χ3v) is 5.27. The molecule has 2 aliphatic heterocycles. The highest BCUT2D eigenvalue weighted by Crippen LogP contribution is 2.29. The Morgan fingerprint density at radius 3 is 2.92 bits per heavy atom. The highest BCUT2D eigenvalue weighted by Gasteiger charge is 2.42. The number of hydrogen-bond donors (Lipinski definition) is 0. The maximum Gasteiger partial charge on any atom is 0.273 e. The van der Waals surface area contributed by atoms with Crippen LogP contribution < -0.4 is 4.74 Å². The summed E-state index contributed by atoms with van der Waals surface area (Å²) in [5, 5.41) is 0.867. The number of pyridine rings is 1. The predicted octanol–water partition coefficient (Wildman–Crippen LogP) is 2.08. The molecule has 0 N–H and O–H groups in total. The van der Waals surface area contributed by atoms with Crippen LogP contribution in [0.4, 0.5) is 0 Å². The van der Waals surface area contributed by atoms with Crippen molar-refractivity contribution in [3.8, 4) is 5.75 Å². The normalized spacial score (nSPS) is 23.0. The maximum atomic E-state index is 13.1. The minimum Gasteiger partial charge on any atom is -0.496 e. The summed E-state index contributed by atoms with van der Waals surface area (Å²) in [6.07, 6.45) is 1.96. The summed E-state index contributed by atoms with van der Waals surface area (Å²) in [7, 11) is 1.58. The largest absolute Gasteiger partial charge is 0.496 e. The van der Waals surface area contributed by atoms with E-state index >= 15 is 0 Å². The van der Waals surface area contributed by atoms with Gasteiger partial charge in [0.25, 0.3) is 5.91 Å². The molecule has 2 aromatic rings. The van der Waals surface area contributed by atoms with Crippen molar-refractivity contribution in [2.45, 2.75) is 31.8 Å². The molecule has 2 atom stereocenters. The number of aromatic nitrogens is 1. The van der Waals surface area contributed by atoms with Gasteiger partial charge >= 0.3 is 0 Å². The van der Waals surface area contributed by atoms with Gasteiger partial charge in [-0.05, 0) is 31.9 Å². The van der Waals surface area contributed by atoms with E-state index in [1.165, 1.54) is 0 Å². The Balaban J connectivity index is 1.71. The number of fused-ring (bicyclic) bond motifs is 2. The zero-order valence-corrected chi connectivity index (χ0v) is 14.4. The smallest absolute Gasteiger partial charge is 0.273 e. The third-order valence-electron chi connectivity index (χ3n) is 5.27. The second kappa shape index (κ2) is 6.02. The molecule has 6 nitrogen and oxygen atoms in total. The first-order chi connectivity index (χ1) is 12.1. The summed E-state index contributed by atoms with van der Waals surface area (Å²) >= 11 is 0. The molecule has 2 amide bonds. The maximum absolute atomic E-state index is 13.1. The number of amides is 2. The first kappa shape index (κ1) is 15.9. The minimum absolute atomic E-state index is 0.0369. The van der Waals surface area contributed by atoms with Gasteiger partial charge < -0.3 is 14.5 Å². The monoisotopic (exact) mass is 339 g/mol. The lowest BCUT2D eigenvalue weighted by Gasteiger charge is -2.41. The van der Waals surface area contributed by atoms with Crippen LogP contribution in [0.3, 0.4) is 0 Å². The number of methoxy groups -OCH3 is 1. The topological polar surface area (TPSA) is 62.7 Å². The number of benzene rings is 1. The molecule has 0 aliphatic carbocycles. The molecule has 6 heteroatoms. The van der Waals surface area contributed by atoms with Crippen molar-refractivity contribution in [1.29, 1.82) is 0 Å². The highest BCUT2D eigenvalue weighted by atomic mass is 16.5. The van der Waals surface area contributed by atoms with Gasteiger partial charge in [-0.3, -0.25) is 9.59 Å². The first-order valence-electron chi connectivity index (χ1n) is 8.65. The molecule has 2 fully saturated rings. The average Bonchev–Trinajstić information content (AvgIpc) is 3.12. The van der Waals surface area contributed by atoms with E-state index < -0.39 is 6.04 Å². The van der Waals surface area contributed by atoms with Gasteiger partial charge in [0.2, 0.25) is 5.91 Å². The Hall–Kier alpha value is -2.63. The number of para-hydroxylation sites is 1. The van der Waals surface area contributed by atoms with Crippen molar-refractivity contribution >= 4 is 22.7 Å². The molecule has 0 radical (unpaired) electrons. The van der Waals surface area contributed by atoms with E-state index in [0.29, 0.717) is 23.5 Å². The molecule has 25 heavy (non-hydrogen) atoms. The van der Waals surface area contributed by atoms with E-state index in [9.17, 15) is 9.59 Å². The van der Waals surface area contributed by atoms with Crippen LogP contribution in [0.1, 0.15) is 30.3 Å². The number of rotatable bonds is 2. The molecular formula is C19H21N3O3. The summed E-state index contributed by atoms with van der Waals surface area (Å²) in [6, 6.07) is 8.91. The molecule has 3 heterocycles. The highest BCUT2D eigenvalue weighted by molar-refractivity contribution is 5.99. The summed E-state index contributed by atoms with van der Waals surface area (Å²) in [4.78, 5) is 33.8. The fourth-order valence-corrected chi connectivity index (χ4v) is 3.90. The zero-order chi connectivity index (χ0) is 17.6. The van der Waals surface area contributed by atoms with Crippen LogP contribution in [0.15, 0.2) is 30.3 Å². The van der Waals surface area contributed by atoms with Crippen molar-refractivity contribution in [3.63, 3.8) is 0 Å². The molecule has 0 unspecified atom stereocenters. The van der Waals surface area contributed by atoms with Gasteiger partial charge in [0.05, 0.1) is 12.6 Å². The van der Waals surface area contributed by atoms with Crippen molar-refractivity contribution in [2.24, 2.45) is 0 Å². The molecule has 4 rings (SSSR count).